The Bertz CT molecular complexity index is 1270. The van der Waals surface area contributed by atoms with Gasteiger partial charge in [-0.1, -0.05) is 0 Å². The summed E-state index contributed by atoms with van der Waals surface area (Å²) in [5.74, 6) is -1.31. The molecular formula is C28H41N3O18. The van der Waals surface area contributed by atoms with Gasteiger partial charge in [0, 0.05) is 26.0 Å². The lowest BCUT2D eigenvalue weighted by atomic mass is 9.95. The Labute approximate surface area is 278 Å². The number of carbonyl (C=O) groups is 2. The first-order chi connectivity index (χ1) is 23.2. The quantitative estimate of drug-likeness (QED) is 0.0716. The van der Waals surface area contributed by atoms with Crippen LogP contribution >= 0.6 is 0 Å². The molecule has 3 aliphatic rings. The first-order valence-corrected chi connectivity index (χ1v) is 15.2. The summed E-state index contributed by atoms with van der Waals surface area (Å²) in [6, 6.07) is 1.92. The van der Waals surface area contributed by atoms with Crippen molar-refractivity contribution in [1.29, 1.82) is 0 Å². The van der Waals surface area contributed by atoms with Crippen LogP contribution in [-0.2, 0) is 33.3 Å². The largest absolute Gasteiger partial charge is 0.463 e. The number of hydrogen-bond donors (Lipinski definition) is 10. The van der Waals surface area contributed by atoms with Crippen molar-refractivity contribution in [2.24, 2.45) is 0 Å². The monoisotopic (exact) mass is 707 g/mol. The topological polar surface area (TPSA) is 319 Å². The van der Waals surface area contributed by atoms with Crippen LogP contribution in [0.2, 0.25) is 0 Å². The molecule has 4 rings (SSSR count). The molecule has 3 saturated heterocycles. The maximum absolute atomic E-state index is 12.3. The van der Waals surface area contributed by atoms with Gasteiger partial charge in [-0.25, -0.2) is 0 Å². The van der Waals surface area contributed by atoms with E-state index in [9.17, 15) is 60.6 Å². The zero-order valence-corrected chi connectivity index (χ0v) is 26.2. The molecule has 0 radical (unpaired) electrons. The van der Waals surface area contributed by atoms with Crippen LogP contribution in [0.15, 0.2) is 24.3 Å². The van der Waals surface area contributed by atoms with Crippen molar-refractivity contribution in [3.05, 3.63) is 34.4 Å². The molecule has 49 heavy (non-hydrogen) atoms. The third-order valence-electron chi connectivity index (χ3n) is 8.16. The molecule has 3 aliphatic heterocycles. The van der Waals surface area contributed by atoms with Gasteiger partial charge >= 0.3 is 0 Å². The number of nitro groups is 1. The van der Waals surface area contributed by atoms with Gasteiger partial charge in [-0.2, -0.15) is 0 Å². The van der Waals surface area contributed by atoms with Crippen molar-refractivity contribution in [3.8, 4) is 5.75 Å². The Kier molecular flexibility index (Phi) is 13.2. The molecule has 21 nitrogen and oxygen atoms in total. The standard InChI is InChI=1S/C28H41N3O18/c1-10(34)29-17-22(39)19(36)14(7-32)46-26(17)44-9-16-21(38)25(49-28-24(41)23(40)20(37)15(8-33)47-28)18(30-11(2)35)27(48-16)45-13-5-3-12(4-6-13)31(42)43/h3-6,14-28,32-33,36-41H,7-9H2,1-2H3,(H,29,34)(H,30,35)/t14-,15-,16-,17-,18-,19+,20+,21+,22-,23+,24-,25-,26-,27+,28+/m1/s1. The summed E-state index contributed by atoms with van der Waals surface area (Å²) in [6.07, 6.45) is -21.4. The van der Waals surface area contributed by atoms with Gasteiger partial charge in [0.05, 0.1) is 24.7 Å². The van der Waals surface area contributed by atoms with E-state index in [0.717, 1.165) is 26.0 Å². The average molecular weight is 708 g/mol. The van der Waals surface area contributed by atoms with E-state index in [1.807, 2.05) is 0 Å². The Hall–Kier alpha value is -3.16. The van der Waals surface area contributed by atoms with E-state index in [-0.39, 0.29) is 11.4 Å². The lowest BCUT2D eigenvalue weighted by Crippen LogP contribution is -2.69. The van der Waals surface area contributed by atoms with Crippen LogP contribution in [0.4, 0.5) is 5.69 Å². The minimum atomic E-state index is -1.92. The van der Waals surface area contributed by atoms with Crippen LogP contribution < -0.4 is 15.4 Å². The Balaban J connectivity index is 1.65. The predicted octanol–water partition coefficient (Wildman–Crippen LogP) is -5.29. The number of non-ortho nitro benzene ring substituents is 1. The third kappa shape index (κ3) is 8.96. The summed E-state index contributed by atoms with van der Waals surface area (Å²) >= 11 is 0. The fraction of sp³-hybridized carbons (Fsp3) is 0.714. The van der Waals surface area contributed by atoms with Crippen molar-refractivity contribution >= 4 is 17.5 Å². The molecule has 0 aromatic heterocycles. The second kappa shape index (κ2) is 16.7. The van der Waals surface area contributed by atoms with Crippen molar-refractivity contribution < 1.29 is 83.8 Å². The number of nitro benzene ring substituents is 1. The number of nitrogens with one attached hydrogen (secondary N) is 2. The first-order valence-electron chi connectivity index (χ1n) is 15.2. The highest BCUT2D eigenvalue weighted by Crippen LogP contribution is 2.32. The molecule has 0 spiro atoms. The van der Waals surface area contributed by atoms with Crippen LogP contribution in [-0.4, -0.2) is 169 Å². The number of amides is 2. The molecule has 10 N–H and O–H groups in total. The van der Waals surface area contributed by atoms with E-state index in [2.05, 4.69) is 10.6 Å². The van der Waals surface area contributed by atoms with Crippen molar-refractivity contribution in [2.45, 2.75) is 106 Å². The van der Waals surface area contributed by atoms with Crippen molar-refractivity contribution in [1.82, 2.24) is 10.6 Å². The minimum Gasteiger partial charge on any atom is -0.463 e. The summed E-state index contributed by atoms with van der Waals surface area (Å²) in [5, 5.41) is 98.9. The van der Waals surface area contributed by atoms with Crippen LogP contribution in [0.5, 0.6) is 5.75 Å². The van der Waals surface area contributed by atoms with E-state index in [0.29, 0.717) is 0 Å². The molecule has 0 saturated carbocycles. The Morgan fingerprint density at radius 2 is 1.27 bits per heavy atom. The second-order valence-electron chi connectivity index (χ2n) is 11.7. The molecule has 1 aromatic carbocycles. The smallest absolute Gasteiger partial charge is 0.269 e. The SMILES string of the molecule is CC(=O)N[C@H]1[C@H](OC[C@H]2O[C@H](Oc3ccc([N+](=O)[O-])cc3)[C@H](NC(C)=O)[C@@H](O[C@@H]3O[C@H](CO)[C@H](O)[C@H](O)[C@H]3O)[C@H]2O)O[C@H](CO)[C@H](O)[C@@H]1O. The number of benzene rings is 1. The lowest BCUT2D eigenvalue weighted by molar-refractivity contribution is -0.384. The zero-order valence-electron chi connectivity index (χ0n) is 26.2. The molecule has 2 amide bonds. The van der Waals surface area contributed by atoms with Gasteiger partial charge in [0.1, 0.15) is 78.9 Å². The van der Waals surface area contributed by atoms with E-state index in [1.165, 1.54) is 12.1 Å². The van der Waals surface area contributed by atoms with E-state index >= 15 is 0 Å². The van der Waals surface area contributed by atoms with Gasteiger partial charge < -0.3 is 79.9 Å². The number of hydrogen-bond acceptors (Lipinski definition) is 18. The molecule has 276 valence electrons. The zero-order chi connectivity index (χ0) is 36.2. The summed E-state index contributed by atoms with van der Waals surface area (Å²) in [4.78, 5) is 34.7. The fourth-order valence-corrected chi connectivity index (χ4v) is 5.62. The number of aliphatic hydroxyl groups excluding tert-OH is 8. The highest BCUT2D eigenvalue weighted by molar-refractivity contribution is 5.73. The molecule has 1 aromatic rings. The highest BCUT2D eigenvalue weighted by atomic mass is 16.7. The second-order valence-corrected chi connectivity index (χ2v) is 11.7. The third-order valence-corrected chi connectivity index (χ3v) is 8.16. The lowest BCUT2D eigenvalue weighted by Gasteiger charge is -2.48. The van der Waals surface area contributed by atoms with Gasteiger partial charge in [-0.05, 0) is 12.1 Å². The predicted molar refractivity (Wildman–Crippen MR) is 156 cm³/mol. The Morgan fingerprint density at radius 1 is 0.735 bits per heavy atom. The first kappa shape index (κ1) is 38.6. The summed E-state index contributed by atoms with van der Waals surface area (Å²) in [6.45, 7) is 0.0715. The molecular weight excluding hydrogens is 666 g/mol. The van der Waals surface area contributed by atoms with Gasteiger partial charge in [-0.3, -0.25) is 19.7 Å². The number of aliphatic hydroxyl groups is 8. The molecule has 0 unspecified atom stereocenters. The number of nitrogens with zero attached hydrogens (tertiary/aromatic N) is 1. The van der Waals surface area contributed by atoms with E-state index < -0.39 is 129 Å². The summed E-state index contributed by atoms with van der Waals surface area (Å²) < 4.78 is 34.5. The Morgan fingerprint density at radius 3 is 1.82 bits per heavy atom. The van der Waals surface area contributed by atoms with Crippen LogP contribution in [0.3, 0.4) is 0 Å². The van der Waals surface area contributed by atoms with Crippen LogP contribution in [0.25, 0.3) is 0 Å². The average Bonchev–Trinajstić information content (AvgIpc) is 3.06. The molecule has 15 atom stereocenters. The molecule has 0 bridgehead atoms. The van der Waals surface area contributed by atoms with Gasteiger partial charge in [0.15, 0.2) is 12.6 Å². The highest BCUT2D eigenvalue weighted by Gasteiger charge is 2.53. The van der Waals surface area contributed by atoms with Gasteiger partial charge in [-0.15, -0.1) is 0 Å². The van der Waals surface area contributed by atoms with E-state index in [4.69, 9.17) is 28.4 Å². The summed E-state index contributed by atoms with van der Waals surface area (Å²) in [7, 11) is 0. The maximum atomic E-state index is 12.3. The van der Waals surface area contributed by atoms with Crippen molar-refractivity contribution in [2.75, 3.05) is 19.8 Å². The molecule has 3 heterocycles. The maximum Gasteiger partial charge on any atom is 0.269 e. The summed E-state index contributed by atoms with van der Waals surface area (Å²) in [5.41, 5.74) is -0.268. The fourth-order valence-electron chi connectivity index (χ4n) is 5.62. The molecule has 21 heteroatoms. The van der Waals surface area contributed by atoms with Crippen LogP contribution in [0.1, 0.15) is 13.8 Å². The number of ether oxygens (including phenoxy) is 6. The van der Waals surface area contributed by atoms with Crippen LogP contribution in [0, 0.1) is 10.1 Å². The van der Waals surface area contributed by atoms with E-state index in [1.54, 1.807) is 0 Å². The van der Waals surface area contributed by atoms with Gasteiger partial charge in [0.25, 0.3) is 5.69 Å². The molecule has 0 aliphatic carbocycles. The number of carbonyl (C=O) groups excluding carboxylic acids is 2. The van der Waals surface area contributed by atoms with Crippen molar-refractivity contribution in [3.63, 3.8) is 0 Å². The normalized spacial score (nSPS) is 39.5. The number of rotatable bonds is 12. The minimum absolute atomic E-state index is 0.00201. The van der Waals surface area contributed by atoms with Gasteiger partial charge in [0.2, 0.25) is 18.1 Å². The molecule has 3 fully saturated rings.